The Morgan fingerprint density at radius 1 is 1.47 bits per heavy atom. The molecule has 7 heteroatoms. The normalized spacial score (nSPS) is 22.8. The number of rotatable bonds is 4. The van der Waals surface area contributed by atoms with Crippen molar-refractivity contribution >= 4 is 40.7 Å². The van der Waals surface area contributed by atoms with E-state index >= 15 is 0 Å². The van der Waals surface area contributed by atoms with Gasteiger partial charge in [0.05, 0.1) is 15.8 Å². The van der Waals surface area contributed by atoms with E-state index in [-0.39, 0.29) is 18.2 Å². The predicted molar refractivity (Wildman–Crippen MR) is 72.6 cm³/mol. The first kappa shape index (κ1) is 14.0. The number of imide groups is 1. The Kier molecular flexibility index (Phi) is 3.64. The van der Waals surface area contributed by atoms with Crippen LogP contribution in [0.2, 0.25) is 4.34 Å². The minimum Gasteiger partial charge on any atom is -0.323 e. The molecule has 1 fully saturated rings. The number of hydrogen-bond acceptors (Lipinski definition) is 4. The van der Waals surface area contributed by atoms with Gasteiger partial charge in [-0.15, -0.1) is 11.3 Å². The molecule has 0 aliphatic carbocycles. The second kappa shape index (κ2) is 4.94. The zero-order valence-electron chi connectivity index (χ0n) is 10.5. The van der Waals surface area contributed by atoms with Crippen molar-refractivity contribution in [2.24, 2.45) is 0 Å². The summed E-state index contributed by atoms with van der Waals surface area (Å²) >= 11 is 6.89. The Morgan fingerprint density at radius 3 is 2.63 bits per heavy atom. The Hall–Kier alpha value is -1.40. The molecule has 2 rings (SSSR count). The predicted octanol–water partition coefficient (Wildman–Crippen LogP) is 2.30. The molecule has 1 N–H and O–H groups in total. The number of urea groups is 1. The van der Waals surface area contributed by atoms with Gasteiger partial charge in [-0.2, -0.15) is 0 Å². The van der Waals surface area contributed by atoms with E-state index in [1.54, 1.807) is 19.1 Å². The zero-order valence-corrected chi connectivity index (χ0v) is 12.1. The number of amides is 3. The summed E-state index contributed by atoms with van der Waals surface area (Å²) in [4.78, 5) is 37.2. The molecule has 1 aliphatic rings. The van der Waals surface area contributed by atoms with Crippen LogP contribution in [0.3, 0.4) is 0 Å². The molecule has 1 aromatic heterocycles. The van der Waals surface area contributed by atoms with Crippen LogP contribution in [0.1, 0.15) is 29.9 Å². The highest BCUT2D eigenvalue weighted by Gasteiger charge is 2.47. The average molecular weight is 301 g/mol. The maximum Gasteiger partial charge on any atom is 0.325 e. The van der Waals surface area contributed by atoms with Crippen molar-refractivity contribution in [3.63, 3.8) is 0 Å². The monoisotopic (exact) mass is 300 g/mol. The summed E-state index contributed by atoms with van der Waals surface area (Å²) in [6.45, 7) is 3.21. The second-order valence-electron chi connectivity index (χ2n) is 4.53. The molecule has 1 saturated heterocycles. The fourth-order valence-corrected chi connectivity index (χ4v) is 2.79. The van der Waals surface area contributed by atoms with Crippen molar-refractivity contribution < 1.29 is 14.4 Å². The first-order chi connectivity index (χ1) is 8.87. The fourth-order valence-electron chi connectivity index (χ4n) is 1.82. The van der Waals surface area contributed by atoms with E-state index in [4.69, 9.17) is 11.6 Å². The molecule has 2 heterocycles. The summed E-state index contributed by atoms with van der Waals surface area (Å²) in [6, 6.07) is 2.68. The van der Waals surface area contributed by atoms with E-state index in [0.29, 0.717) is 15.6 Å². The maximum atomic E-state index is 12.1. The van der Waals surface area contributed by atoms with E-state index in [0.717, 1.165) is 16.2 Å². The molecule has 0 radical (unpaired) electrons. The van der Waals surface area contributed by atoms with Crippen LogP contribution in [0.5, 0.6) is 0 Å². The summed E-state index contributed by atoms with van der Waals surface area (Å²) in [5.41, 5.74) is -0.912. The average Bonchev–Trinajstić information content (AvgIpc) is 2.88. The maximum absolute atomic E-state index is 12.1. The number of hydrogen-bond donors (Lipinski definition) is 1. The van der Waals surface area contributed by atoms with Crippen LogP contribution in [0.15, 0.2) is 12.1 Å². The first-order valence-corrected chi connectivity index (χ1v) is 6.99. The Morgan fingerprint density at radius 2 is 2.16 bits per heavy atom. The van der Waals surface area contributed by atoms with Gasteiger partial charge in [0.2, 0.25) is 0 Å². The summed E-state index contributed by atoms with van der Waals surface area (Å²) in [6.07, 6.45) is 0.479. The van der Waals surface area contributed by atoms with E-state index in [9.17, 15) is 14.4 Å². The summed E-state index contributed by atoms with van der Waals surface area (Å²) in [5.74, 6) is -0.656. The zero-order chi connectivity index (χ0) is 14.2. The van der Waals surface area contributed by atoms with Crippen LogP contribution in [-0.2, 0) is 4.79 Å². The summed E-state index contributed by atoms with van der Waals surface area (Å²) in [7, 11) is 0. The molecule has 3 amide bonds. The minimum absolute atomic E-state index is 0.253. The number of ketones is 1. The SMILES string of the molecule is CC[C@@]1(C)NC(=O)N(CC(=O)c2ccc(Cl)s2)C1=O. The number of thiophene rings is 1. The number of carbonyl (C=O) groups excluding carboxylic acids is 3. The smallest absolute Gasteiger partial charge is 0.323 e. The number of carbonyl (C=O) groups is 3. The number of nitrogens with zero attached hydrogens (tertiary/aromatic N) is 1. The Bertz CT molecular complexity index is 557. The summed E-state index contributed by atoms with van der Waals surface area (Å²) < 4.78 is 0.499. The van der Waals surface area contributed by atoms with Crippen LogP contribution in [0.4, 0.5) is 4.79 Å². The lowest BCUT2D eigenvalue weighted by Crippen LogP contribution is -2.43. The van der Waals surface area contributed by atoms with Crippen LogP contribution in [0.25, 0.3) is 0 Å². The molecule has 0 unspecified atom stereocenters. The third-order valence-electron chi connectivity index (χ3n) is 3.20. The van der Waals surface area contributed by atoms with Gasteiger partial charge in [0, 0.05) is 0 Å². The number of Topliss-reactive ketones (excluding diaryl/α,β-unsaturated/α-hetero) is 1. The molecule has 0 aromatic carbocycles. The lowest BCUT2D eigenvalue weighted by molar-refractivity contribution is -0.130. The van der Waals surface area contributed by atoms with Gasteiger partial charge in [0.15, 0.2) is 5.78 Å². The minimum atomic E-state index is -0.912. The Labute approximate surface area is 119 Å². The van der Waals surface area contributed by atoms with Gasteiger partial charge in [-0.05, 0) is 25.5 Å². The molecule has 1 aliphatic heterocycles. The molecule has 0 bridgehead atoms. The number of halogens is 1. The molecular weight excluding hydrogens is 288 g/mol. The third kappa shape index (κ3) is 2.50. The van der Waals surface area contributed by atoms with Crippen molar-refractivity contribution in [3.8, 4) is 0 Å². The molecule has 0 spiro atoms. The third-order valence-corrected chi connectivity index (χ3v) is 4.47. The quantitative estimate of drug-likeness (QED) is 0.685. The van der Waals surface area contributed by atoms with Gasteiger partial charge in [-0.25, -0.2) is 4.79 Å². The van der Waals surface area contributed by atoms with Crippen LogP contribution >= 0.6 is 22.9 Å². The fraction of sp³-hybridized carbons (Fsp3) is 0.417. The van der Waals surface area contributed by atoms with Gasteiger partial charge in [-0.1, -0.05) is 18.5 Å². The second-order valence-corrected chi connectivity index (χ2v) is 6.25. The van der Waals surface area contributed by atoms with E-state index in [1.807, 2.05) is 6.92 Å². The highest BCUT2D eigenvalue weighted by Crippen LogP contribution is 2.24. The van der Waals surface area contributed by atoms with Crippen molar-refractivity contribution in [2.45, 2.75) is 25.8 Å². The van der Waals surface area contributed by atoms with Crippen molar-refractivity contribution in [3.05, 3.63) is 21.3 Å². The molecule has 0 saturated carbocycles. The van der Waals surface area contributed by atoms with E-state index in [1.165, 1.54) is 0 Å². The topological polar surface area (TPSA) is 66.5 Å². The van der Waals surface area contributed by atoms with Crippen molar-refractivity contribution in [2.75, 3.05) is 6.54 Å². The van der Waals surface area contributed by atoms with Crippen LogP contribution < -0.4 is 5.32 Å². The molecule has 1 atom stereocenters. The highest BCUT2D eigenvalue weighted by atomic mass is 35.5. The highest BCUT2D eigenvalue weighted by molar-refractivity contribution is 7.18. The molecule has 19 heavy (non-hydrogen) atoms. The van der Waals surface area contributed by atoms with E-state index in [2.05, 4.69) is 5.32 Å². The van der Waals surface area contributed by atoms with Gasteiger partial charge in [-0.3, -0.25) is 14.5 Å². The standard InChI is InChI=1S/C12H13ClN2O3S/c1-3-12(2)10(17)15(11(18)14-12)6-7(16)8-4-5-9(13)19-8/h4-5H,3,6H2,1-2H3,(H,14,18)/t12-/m1/s1. The molecular formula is C12H13ClN2O3S. The molecule has 5 nitrogen and oxygen atoms in total. The lowest BCUT2D eigenvalue weighted by Gasteiger charge is -2.18. The van der Waals surface area contributed by atoms with Crippen molar-refractivity contribution in [1.82, 2.24) is 10.2 Å². The van der Waals surface area contributed by atoms with Gasteiger partial charge < -0.3 is 5.32 Å². The number of nitrogens with one attached hydrogen (secondary N) is 1. The largest absolute Gasteiger partial charge is 0.325 e. The Balaban J connectivity index is 2.14. The first-order valence-electron chi connectivity index (χ1n) is 5.80. The van der Waals surface area contributed by atoms with Crippen LogP contribution in [0, 0.1) is 0 Å². The van der Waals surface area contributed by atoms with Crippen LogP contribution in [-0.4, -0.2) is 34.7 Å². The molecule has 1 aromatic rings. The van der Waals surface area contributed by atoms with Gasteiger partial charge in [0.25, 0.3) is 5.91 Å². The van der Waals surface area contributed by atoms with Gasteiger partial charge >= 0.3 is 6.03 Å². The van der Waals surface area contributed by atoms with Gasteiger partial charge in [0.1, 0.15) is 5.54 Å². The van der Waals surface area contributed by atoms with Crippen molar-refractivity contribution in [1.29, 1.82) is 0 Å². The molecule has 102 valence electrons. The van der Waals surface area contributed by atoms with E-state index < -0.39 is 11.6 Å². The summed E-state index contributed by atoms with van der Waals surface area (Å²) in [5, 5.41) is 2.60. The lowest BCUT2D eigenvalue weighted by atomic mass is 9.99.